The lowest BCUT2D eigenvalue weighted by Crippen LogP contribution is -2.46. The van der Waals surface area contributed by atoms with E-state index in [2.05, 4.69) is 15.2 Å². The van der Waals surface area contributed by atoms with Gasteiger partial charge < -0.3 is 10.2 Å². The van der Waals surface area contributed by atoms with E-state index in [1.807, 2.05) is 12.1 Å². The largest absolute Gasteiger partial charge is 0.334 e. The highest BCUT2D eigenvalue weighted by Gasteiger charge is 2.34. The van der Waals surface area contributed by atoms with Gasteiger partial charge in [0, 0.05) is 31.0 Å². The van der Waals surface area contributed by atoms with Gasteiger partial charge in [-0.25, -0.2) is 0 Å². The molecular formula is C15H21N3O. The van der Waals surface area contributed by atoms with Gasteiger partial charge in [-0.3, -0.25) is 9.78 Å². The molecule has 1 aromatic heterocycles. The molecule has 1 N–H and O–H groups in total. The molecule has 2 aliphatic rings. The lowest BCUT2D eigenvalue weighted by molar-refractivity contribution is 0.0717. The minimum absolute atomic E-state index is 0.142. The number of rotatable bonds is 4. The molecule has 0 aromatic carbocycles. The number of carbonyl (C=O) groups is 1. The Bertz CT molecular complexity index is 424. The number of nitrogens with one attached hydrogen (secondary N) is 1. The Morgan fingerprint density at radius 2 is 2.26 bits per heavy atom. The Kier molecular flexibility index (Phi) is 3.78. The maximum atomic E-state index is 12.6. The highest BCUT2D eigenvalue weighted by Crippen LogP contribution is 2.29. The Balaban J connectivity index is 1.68. The number of nitrogens with zero attached hydrogens (tertiary/aromatic N) is 2. The molecule has 1 saturated carbocycles. The van der Waals surface area contributed by atoms with Crippen molar-refractivity contribution in [3.05, 3.63) is 30.1 Å². The van der Waals surface area contributed by atoms with Crippen LogP contribution >= 0.6 is 0 Å². The predicted octanol–water partition coefficient (Wildman–Crippen LogP) is 1.83. The van der Waals surface area contributed by atoms with E-state index in [0.29, 0.717) is 17.6 Å². The maximum Gasteiger partial charge on any atom is 0.255 e. The van der Waals surface area contributed by atoms with Crippen molar-refractivity contribution in [2.45, 2.75) is 44.2 Å². The number of carbonyl (C=O) groups excluding carboxylic acids is 1. The third-order valence-corrected chi connectivity index (χ3v) is 3.99. The third kappa shape index (κ3) is 3.13. The van der Waals surface area contributed by atoms with E-state index in [1.165, 1.54) is 19.3 Å². The number of hydrogen-bond donors (Lipinski definition) is 1. The second-order valence-electron chi connectivity index (χ2n) is 5.58. The Labute approximate surface area is 114 Å². The third-order valence-electron chi connectivity index (χ3n) is 3.99. The molecule has 0 radical (unpaired) electrons. The zero-order chi connectivity index (χ0) is 13.1. The van der Waals surface area contributed by atoms with Gasteiger partial charge in [0.2, 0.25) is 0 Å². The fourth-order valence-corrected chi connectivity index (χ4v) is 2.76. The molecule has 0 spiro atoms. The average molecular weight is 259 g/mol. The first-order valence-corrected chi connectivity index (χ1v) is 7.29. The van der Waals surface area contributed by atoms with Crippen LogP contribution in [0.25, 0.3) is 0 Å². The first kappa shape index (κ1) is 12.6. The van der Waals surface area contributed by atoms with Gasteiger partial charge in [-0.15, -0.1) is 0 Å². The summed E-state index contributed by atoms with van der Waals surface area (Å²) in [5.41, 5.74) is 0.713. The fourth-order valence-electron chi connectivity index (χ4n) is 2.76. The molecule has 0 bridgehead atoms. The summed E-state index contributed by atoms with van der Waals surface area (Å²) in [5.74, 6) is 0.142. The Hall–Kier alpha value is -1.42. The van der Waals surface area contributed by atoms with Crippen LogP contribution in [0.3, 0.4) is 0 Å². The smallest absolute Gasteiger partial charge is 0.255 e. The standard InChI is InChI=1S/C15H21N3O/c19-15(12-4-3-8-16-10-12)18(14-6-7-14)11-13-5-1-2-9-17-13/h3-4,8,10,13-14,17H,1-2,5-7,9,11H2. The van der Waals surface area contributed by atoms with Crippen LogP contribution in [0.5, 0.6) is 0 Å². The second-order valence-corrected chi connectivity index (χ2v) is 5.58. The van der Waals surface area contributed by atoms with Crippen molar-refractivity contribution >= 4 is 5.91 Å². The summed E-state index contributed by atoms with van der Waals surface area (Å²) in [6.45, 7) is 1.93. The summed E-state index contributed by atoms with van der Waals surface area (Å²) in [7, 11) is 0. The zero-order valence-corrected chi connectivity index (χ0v) is 11.2. The van der Waals surface area contributed by atoms with Gasteiger partial charge in [-0.2, -0.15) is 0 Å². The quantitative estimate of drug-likeness (QED) is 0.897. The van der Waals surface area contributed by atoms with E-state index in [1.54, 1.807) is 12.4 Å². The molecule has 2 fully saturated rings. The summed E-state index contributed by atoms with van der Waals surface area (Å²) < 4.78 is 0. The topological polar surface area (TPSA) is 45.2 Å². The van der Waals surface area contributed by atoms with Crippen LogP contribution in [0, 0.1) is 0 Å². The lowest BCUT2D eigenvalue weighted by Gasteiger charge is -2.30. The summed E-state index contributed by atoms with van der Waals surface area (Å²) in [4.78, 5) is 18.7. The van der Waals surface area contributed by atoms with Gasteiger partial charge in [0.1, 0.15) is 0 Å². The van der Waals surface area contributed by atoms with E-state index < -0.39 is 0 Å². The molecule has 3 rings (SSSR count). The summed E-state index contributed by atoms with van der Waals surface area (Å²) in [6, 6.07) is 4.61. The predicted molar refractivity (Wildman–Crippen MR) is 73.9 cm³/mol. The number of amides is 1. The molecule has 19 heavy (non-hydrogen) atoms. The molecular weight excluding hydrogens is 238 g/mol. The van der Waals surface area contributed by atoms with E-state index in [9.17, 15) is 4.79 Å². The average Bonchev–Trinajstić information content (AvgIpc) is 3.31. The number of aromatic nitrogens is 1. The SMILES string of the molecule is O=C(c1cccnc1)N(CC1CCCCN1)C1CC1. The fraction of sp³-hybridized carbons (Fsp3) is 0.600. The van der Waals surface area contributed by atoms with Gasteiger partial charge in [-0.05, 0) is 44.4 Å². The molecule has 1 aliphatic carbocycles. The molecule has 1 aromatic rings. The van der Waals surface area contributed by atoms with E-state index >= 15 is 0 Å². The van der Waals surface area contributed by atoms with Crippen molar-refractivity contribution in [2.75, 3.05) is 13.1 Å². The van der Waals surface area contributed by atoms with Crippen LogP contribution in [-0.2, 0) is 0 Å². The Morgan fingerprint density at radius 1 is 1.37 bits per heavy atom. The highest BCUT2D eigenvalue weighted by molar-refractivity contribution is 5.94. The summed E-state index contributed by atoms with van der Waals surface area (Å²) in [5, 5.41) is 3.53. The minimum Gasteiger partial charge on any atom is -0.334 e. The zero-order valence-electron chi connectivity index (χ0n) is 11.2. The second kappa shape index (κ2) is 5.70. The highest BCUT2D eigenvalue weighted by atomic mass is 16.2. The van der Waals surface area contributed by atoms with Crippen molar-refractivity contribution in [1.82, 2.24) is 15.2 Å². The lowest BCUT2D eigenvalue weighted by atomic mass is 10.0. The van der Waals surface area contributed by atoms with Crippen LogP contribution < -0.4 is 5.32 Å². The van der Waals surface area contributed by atoms with Crippen molar-refractivity contribution in [3.63, 3.8) is 0 Å². The van der Waals surface area contributed by atoms with E-state index in [4.69, 9.17) is 0 Å². The molecule has 4 nitrogen and oxygen atoms in total. The van der Waals surface area contributed by atoms with E-state index in [0.717, 1.165) is 25.9 Å². The molecule has 1 unspecified atom stereocenters. The number of hydrogen-bond acceptors (Lipinski definition) is 3. The Morgan fingerprint density at radius 3 is 2.89 bits per heavy atom. The van der Waals surface area contributed by atoms with Crippen molar-refractivity contribution in [3.8, 4) is 0 Å². The first-order valence-electron chi connectivity index (χ1n) is 7.29. The molecule has 1 atom stereocenters. The maximum absolute atomic E-state index is 12.6. The number of pyridine rings is 1. The van der Waals surface area contributed by atoms with Gasteiger partial charge in [0.05, 0.1) is 5.56 Å². The van der Waals surface area contributed by atoms with Crippen LogP contribution in [0.15, 0.2) is 24.5 Å². The van der Waals surface area contributed by atoms with Gasteiger partial charge in [0.15, 0.2) is 0 Å². The van der Waals surface area contributed by atoms with Crippen LogP contribution in [-0.4, -0.2) is 41.0 Å². The van der Waals surface area contributed by atoms with Crippen molar-refractivity contribution in [1.29, 1.82) is 0 Å². The monoisotopic (exact) mass is 259 g/mol. The minimum atomic E-state index is 0.142. The number of piperidine rings is 1. The van der Waals surface area contributed by atoms with Crippen LogP contribution in [0.2, 0.25) is 0 Å². The molecule has 4 heteroatoms. The van der Waals surface area contributed by atoms with Crippen molar-refractivity contribution < 1.29 is 4.79 Å². The molecule has 1 aliphatic heterocycles. The van der Waals surface area contributed by atoms with Gasteiger partial charge in [-0.1, -0.05) is 6.42 Å². The normalized spacial score (nSPS) is 23.1. The summed E-state index contributed by atoms with van der Waals surface area (Å²) >= 11 is 0. The molecule has 2 heterocycles. The molecule has 1 amide bonds. The molecule has 1 saturated heterocycles. The summed E-state index contributed by atoms with van der Waals surface area (Å²) in [6.07, 6.45) is 9.40. The molecule has 102 valence electrons. The van der Waals surface area contributed by atoms with Gasteiger partial charge in [0.25, 0.3) is 5.91 Å². The van der Waals surface area contributed by atoms with Crippen LogP contribution in [0.4, 0.5) is 0 Å². The van der Waals surface area contributed by atoms with Crippen molar-refractivity contribution in [2.24, 2.45) is 0 Å². The van der Waals surface area contributed by atoms with E-state index in [-0.39, 0.29) is 5.91 Å². The first-order chi connectivity index (χ1) is 9.34. The van der Waals surface area contributed by atoms with Gasteiger partial charge >= 0.3 is 0 Å². The van der Waals surface area contributed by atoms with Crippen LogP contribution in [0.1, 0.15) is 42.5 Å².